The van der Waals surface area contributed by atoms with Crippen molar-refractivity contribution in [3.8, 4) is 5.75 Å². The number of aryl methyl sites for hydroxylation is 1. The van der Waals surface area contributed by atoms with Crippen molar-refractivity contribution in [2.24, 2.45) is 0 Å². The SMILES string of the molecule is Cc1cccc(OCC(=O)NCCN2C(=O)S/C(=C\c3ccccc3F)C2=O)c1. The lowest BCUT2D eigenvalue weighted by Gasteiger charge is -2.13. The molecule has 8 heteroatoms. The van der Waals surface area contributed by atoms with Gasteiger partial charge in [-0.2, -0.15) is 0 Å². The van der Waals surface area contributed by atoms with Crippen LogP contribution in [0.1, 0.15) is 11.1 Å². The van der Waals surface area contributed by atoms with Gasteiger partial charge in [-0.15, -0.1) is 0 Å². The highest BCUT2D eigenvalue weighted by atomic mass is 32.2. The number of nitrogens with one attached hydrogen (secondary N) is 1. The molecule has 0 aliphatic carbocycles. The van der Waals surface area contributed by atoms with Crippen molar-refractivity contribution in [1.82, 2.24) is 10.2 Å². The van der Waals surface area contributed by atoms with Crippen molar-refractivity contribution in [3.05, 3.63) is 70.4 Å². The van der Waals surface area contributed by atoms with Gasteiger partial charge in [-0.05, 0) is 48.5 Å². The molecular weight excluding hydrogens is 395 g/mol. The molecule has 0 atom stereocenters. The molecule has 29 heavy (non-hydrogen) atoms. The van der Waals surface area contributed by atoms with E-state index < -0.39 is 17.0 Å². The van der Waals surface area contributed by atoms with Crippen LogP contribution in [-0.4, -0.2) is 41.6 Å². The van der Waals surface area contributed by atoms with Crippen LogP contribution in [0, 0.1) is 12.7 Å². The number of amides is 3. The van der Waals surface area contributed by atoms with Gasteiger partial charge >= 0.3 is 0 Å². The van der Waals surface area contributed by atoms with Gasteiger partial charge in [0.05, 0.1) is 4.91 Å². The smallest absolute Gasteiger partial charge is 0.293 e. The van der Waals surface area contributed by atoms with Crippen molar-refractivity contribution in [1.29, 1.82) is 0 Å². The second-order valence-corrected chi connectivity index (χ2v) is 7.30. The second-order valence-electron chi connectivity index (χ2n) is 6.31. The Balaban J connectivity index is 1.49. The Bertz CT molecular complexity index is 977. The van der Waals surface area contributed by atoms with Crippen LogP contribution in [0.5, 0.6) is 5.75 Å². The predicted molar refractivity (Wildman–Crippen MR) is 109 cm³/mol. The third-order valence-electron chi connectivity index (χ3n) is 4.08. The van der Waals surface area contributed by atoms with Crippen LogP contribution >= 0.6 is 11.8 Å². The fraction of sp³-hybridized carbons (Fsp3) is 0.190. The normalized spacial score (nSPS) is 15.1. The van der Waals surface area contributed by atoms with E-state index in [0.29, 0.717) is 5.75 Å². The Morgan fingerprint density at radius 2 is 2.00 bits per heavy atom. The summed E-state index contributed by atoms with van der Waals surface area (Å²) in [6.07, 6.45) is 1.36. The summed E-state index contributed by atoms with van der Waals surface area (Å²) in [5.41, 5.74) is 1.25. The third kappa shape index (κ3) is 5.45. The monoisotopic (exact) mass is 414 g/mol. The van der Waals surface area contributed by atoms with E-state index in [4.69, 9.17) is 4.74 Å². The summed E-state index contributed by atoms with van der Waals surface area (Å²) < 4.78 is 19.1. The molecule has 0 aromatic heterocycles. The van der Waals surface area contributed by atoms with Gasteiger partial charge in [0.15, 0.2) is 6.61 Å². The first-order valence-corrected chi connectivity index (χ1v) is 9.72. The van der Waals surface area contributed by atoms with Crippen LogP contribution in [0.25, 0.3) is 6.08 Å². The average molecular weight is 414 g/mol. The minimum atomic E-state index is -0.506. The number of carbonyl (C=O) groups is 3. The van der Waals surface area contributed by atoms with Crippen molar-refractivity contribution >= 4 is 34.9 Å². The van der Waals surface area contributed by atoms with Gasteiger partial charge in [0.25, 0.3) is 17.1 Å². The number of benzene rings is 2. The standard InChI is InChI=1S/C21H19FN2O4S/c1-14-5-4-7-16(11-14)28-13-19(25)23-9-10-24-20(26)18(29-21(24)27)12-15-6-2-3-8-17(15)22/h2-8,11-12H,9-10,13H2,1H3,(H,23,25)/b18-12-. The molecule has 1 fully saturated rings. The lowest BCUT2D eigenvalue weighted by Crippen LogP contribution is -2.38. The van der Waals surface area contributed by atoms with Crippen LogP contribution in [0.2, 0.25) is 0 Å². The Kier molecular flexibility index (Phi) is 6.66. The van der Waals surface area contributed by atoms with Crippen LogP contribution in [0.15, 0.2) is 53.4 Å². The highest BCUT2D eigenvalue weighted by Gasteiger charge is 2.34. The molecular formula is C21H19FN2O4S. The van der Waals surface area contributed by atoms with E-state index >= 15 is 0 Å². The van der Waals surface area contributed by atoms with Crippen molar-refractivity contribution in [2.75, 3.05) is 19.7 Å². The van der Waals surface area contributed by atoms with E-state index in [-0.39, 0.29) is 36.1 Å². The van der Waals surface area contributed by atoms with Crippen LogP contribution in [0.3, 0.4) is 0 Å². The third-order valence-corrected chi connectivity index (χ3v) is 4.99. The highest BCUT2D eigenvalue weighted by Crippen LogP contribution is 2.32. The number of carbonyl (C=O) groups excluding carboxylic acids is 3. The van der Waals surface area contributed by atoms with Crippen molar-refractivity contribution in [3.63, 3.8) is 0 Å². The number of nitrogens with zero attached hydrogens (tertiary/aromatic N) is 1. The zero-order chi connectivity index (χ0) is 20.8. The number of hydrogen-bond acceptors (Lipinski definition) is 5. The molecule has 150 valence electrons. The van der Waals surface area contributed by atoms with Gasteiger partial charge in [0, 0.05) is 18.7 Å². The number of rotatable bonds is 7. The summed E-state index contributed by atoms with van der Waals surface area (Å²) in [4.78, 5) is 37.6. The minimum absolute atomic E-state index is 0.0233. The first-order chi connectivity index (χ1) is 13.9. The maximum Gasteiger partial charge on any atom is 0.293 e. The number of halogens is 1. The van der Waals surface area contributed by atoms with E-state index in [1.807, 2.05) is 25.1 Å². The Morgan fingerprint density at radius 1 is 1.21 bits per heavy atom. The number of thioether (sulfide) groups is 1. The molecule has 1 aliphatic heterocycles. The first kappa shape index (κ1) is 20.6. The van der Waals surface area contributed by atoms with Crippen LogP contribution in [0.4, 0.5) is 9.18 Å². The summed E-state index contributed by atoms with van der Waals surface area (Å²) in [5.74, 6) is -0.751. The number of imide groups is 1. The molecule has 2 aromatic rings. The fourth-order valence-electron chi connectivity index (χ4n) is 2.64. The average Bonchev–Trinajstić information content (AvgIpc) is 2.95. The Labute approximate surface area is 171 Å². The zero-order valence-electron chi connectivity index (χ0n) is 15.7. The lowest BCUT2D eigenvalue weighted by molar-refractivity contribution is -0.125. The minimum Gasteiger partial charge on any atom is -0.484 e. The summed E-state index contributed by atoms with van der Waals surface area (Å²) in [5, 5.41) is 2.15. The Morgan fingerprint density at radius 3 is 2.76 bits per heavy atom. The van der Waals surface area contributed by atoms with Crippen molar-refractivity contribution < 1.29 is 23.5 Å². The van der Waals surface area contributed by atoms with Gasteiger partial charge in [-0.3, -0.25) is 19.3 Å². The molecule has 1 saturated heterocycles. The van der Waals surface area contributed by atoms with Crippen LogP contribution < -0.4 is 10.1 Å². The summed E-state index contributed by atoms with van der Waals surface area (Å²) >= 11 is 0.748. The topological polar surface area (TPSA) is 75.7 Å². The quantitative estimate of drug-likeness (QED) is 0.703. The summed E-state index contributed by atoms with van der Waals surface area (Å²) in [7, 11) is 0. The molecule has 1 heterocycles. The maximum absolute atomic E-state index is 13.8. The summed E-state index contributed by atoms with van der Waals surface area (Å²) in [6.45, 7) is 1.87. The number of ether oxygens (including phenoxy) is 1. The van der Waals surface area contributed by atoms with E-state index in [1.165, 1.54) is 18.2 Å². The molecule has 3 rings (SSSR count). The molecule has 0 unspecified atom stereocenters. The molecule has 1 aliphatic rings. The fourth-order valence-corrected chi connectivity index (χ4v) is 3.49. The lowest BCUT2D eigenvalue weighted by atomic mass is 10.2. The highest BCUT2D eigenvalue weighted by molar-refractivity contribution is 8.18. The first-order valence-electron chi connectivity index (χ1n) is 8.90. The molecule has 0 bridgehead atoms. The predicted octanol–water partition coefficient (Wildman–Crippen LogP) is 3.37. The van der Waals surface area contributed by atoms with Gasteiger partial charge in [-0.1, -0.05) is 30.3 Å². The molecule has 1 N–H and O–H groups in total. The van der Waals surface area contributed by atoms with E-state index in [9.17, 15) is 18.8 Å². The van der Waals surface area contributed by atoms with Crippen molar-refractivity contribution in [2.45, 2.75) is 6.92 Å². The molecule has 6 nitrogen and oxygen atoms in total. The van der Waals surface area contributed by atoms with E-state index in [1.54, 1.807) is 18.2 Å². The largest absolute Gasteiger partial charge is 0.484 e. The molecule has 3 amide bonds. The van der Waals surface area contributed by atoms with Gasteiger partial charge in [0.2, 0.25) is 0 Å². The summed E-state index contributed by atoms with van der Waals surface area (Å²) in [6, 6.07) is 13.3. The van der Waals surface area contributed by atoms with E-state index in [0.717, 1.165) is 22.2 Å². The molecule has 0 spiro atoms. The Hall–Kier alpha value is -3.13. The number of hydrogen-bond donors (Lipinski definition) is 1. The van der Waals surface area contributed by atoms with E-state index in [2.05, 4.69) is 5.32 Å². The molecule has 2 aromatic carbocycles. The second kappa shape index (κ2) is 9.38. The maximum atomic E-state index is 13.8. The van der Waals surface area contributed by atoms with Crippen LogP contribution in [-0.2, 0) is 9.59 Å². The molecule has 0 saturated carbocycles. The van der Waals surface area contributed by atoms with Gasteiger partial charge in [0.1, 0.15) is 11.6 Å². The zero-order valence-corrected chi connectivity index (χ0v) is 16.5. The van der Waals surface area contributed by atoms with Gasteiger partial charge < -0.3 is 10.1 Å². The van der Waals surface area contributed by atoms with Gasteiger partial charge in [-0.25, -0.2) is 4.39 Å². The molecule has 0 radical (unpaired) electrons.